The smallest absolute Gasteiger partial charge is 0.352 e. The molecule has 0 saturated carbocycles. The molecule has 2 rings (SSSR count). The lowest BCUT2D eigenvalue weighted by Gasteiger charge is -2.20. The minimum Gasteiger partial charge on any atom is -0.352 e. The number of nitrogens with one attached hydrogen (secondary N) is 1. The second-order valence-electron chi connectivity index (χ2n) is 6.27. The Morgan fingerprint density at radius 2 is 2.24 bits per heavy atom. The number of rotatable bonds is 7. The van der Waals surface area contributed by atoms with Crippen molar-refractivity contribution in [2.24, 2.45) is 5.92 Å². The van der Waals surface area contributed by atoms with Crippen LogP contribution in [0.1, 0.15) is 33.4 Å². The van der Waals surface area contributed by atoms with E-state index in [0.717, 1.165) is 5.57 Å². The molecule has 0 bridgehead atoms. The molecule has 0 amide bonds. The van der Waals surface area contributed by atoms with Crippen LogP contribution < -0.4 is 11.2 Å². The van der Waals surface area contributed by atoms with E-state index in [1.165, 1.54) is 16.8 Å². The average molecular weight is 374 g/mol. The molecule has 0 aliphatic carbocycles. The predicted molar refractivity (Wildman–Crippen MR) is 90.2 cm³/mol. The maximum atomic E-state index is 12.0. The van der Waals surface area contributed by atoms with Crippen LogP contribution >= 0.6 is 7.82 Å². The van der Waals surface area contributed by atoms with E-state index in [1.54, 1.807) is 20.8 Å². The van der Waals surface area contributed by atoms with E-state index in [4.69, 9.17) is 13.8 Å². The van der Waals surface area contributed by atoms with Gasteiger partial charge in [0.1, 0.15) is 6.23 Å². The standard InChI is InChI=1S/C15H23N2O7P/c1-9(2)12-7-11(8-22-25(20,21)24-10(3)4)23-14(12)17-6-5-13(18)16-15(17)19/h5-6,10-12,14H,1,7-8H2,2-4H3,(H,20,21)(H,16,18,19). The average Bonchev–Trinajstić information content (AvgIpc) is 2.88. The molecule has 1 fully saturated rings. The van der Waals surface area contributed by atoms with Gasteiger partial charge in [0.2, 0.25) is 0 Å². The quantitative estimate of drug-likeness (QED) is 0.549. The van der Waals surface area contributed by atoms with E-state index in [2.05, 4.69) is 11.6 Å². The van der Waals surface area contributed by atoms with E-state index in [-0.39, 0.29) is 12.5 Å². The maximum absolute atomic E-state index is 12.0. The Hall–Kier alpha value is -1.51. The number of aromatic nitrogens is 2. The Morgan fingerprint density at radius 1 is 1.56 bits per heavy atom. The molecule has 1 aliphatic rings. The van der Waals surface area contributed by atoms with Gasteiger partial charge in [0.25, 0.3) is 5.56 Å². The van der Waals surface area contributed by atoms with E-state index in [1.807, 2.05) is 0 Å². The first-order valence-corrected chi connectivity index (χ1v) is 9.36. The number of phosphoric ester groups is 1. The molecular formula is C15H23N2O7P. The molecule has 2 N–H and O–H groups in total. The SMILES string of the molecule is C=C(C)C1CC(COP(=O)(O)OC(C)C)OC1n1ccc(=O)[nH]c1=O. The number of phosphoric acid groups is 1. The first-order chi connectivity index (χ1) is 11.6. The molecule has 9 nitrogen and oxygen atoms in total. The molecule has 25 heavy (non-hydrogen) atoms. The van der Waals surface area contributed by atoms with Crippen LogP contribution in [0.5, 0.6) is 0 Å². The lowest BCUT2D eigenvalue weighted by molar-refractivity contribution is -0.0340. The Bertz CT molecular complexity index is 785. The number of hydrogen-bond donors (Lipinski definition) is 2. The zero-order valence-electron chi connectivity index (χ0n) is 14.4. The Morgan fingerprint density at radius 3 is 2.80 bits per heavy atom. The maximum Gasteiger partial charge on any atom is 0.472 e. The van der Waals surface area contributed by atoms with Crippen molar-refractivity contribution < 1.29 is 23.2 Å². The van der Waals surface area contributed by atoms with Gasteiger partial charge in [0.05, 0.1) is 18.8 Å². The normalized spacial score (nSPS) is 25.9. The van der Waals surface area contributed by atoms with Crippen LogP contribution in [0.15, 0.2) is 34.0 Å². The van der Waals surface area contributed by atoms with Crippen LogP contribution in [0.4, 0.5) is 0 Å². The van der Waals surface area contributed by atoms with Gasteiger partial charge in [0, 0.05) is 18.2 Å². The number of hydrogen-bond acceptors (Lipinski definition) is 6. The fourth-order valence-electron chi connectivity index (χ4n) is 2.66. The van der Waals surface area contributed by atoms with Gasteiger partial charge < -0.3 is 9.63 Å². The number of H-pyrrole nitrogens is 1. The molecule has 1 aromatic heterocycles. The van der Waals surface area contributed by atoms with Crippen LogP contribution in [-0.2, 0) is 18.3 Å². The highest BCUT2D eigenvalue weighted by Crippen LogP contribution is 2.46. The second kappa shape index (κ2) is 7.80. The minimum absolute atomic E-state index is 0.168. The van der Waals surface area contributed by atoms with Crippen molar-refractivity contribution in [3.8, 4) is 0 Å². The third-order valence-electron chi connectivity index (χ3n) is 3.72. The van der Waals surface area contributed by atoms with E-state index in [9.17, 15) is 19.0 Å². The summed E-state index contributed by atoms with van der Waals surface area (Å²) < 4.78 is 28.7. The topological polar surface area (TPSA) is 120 Å². The summed E-state index contributed by atoms with van der Waals surface area (Å²) in [6, 6.07) is 1.22. The monoisotopic (exact) mass is 374 g/mol. The van der Waals surface area contributed by atoms with Crippen molar-refractivity contribution in [3.05, 3.63) is 45.3 Å². The van der Waals surface area contributed by atoms with Crippen molar-refractivity contribution in [3.63, 3.8) is 0 Å². The lowest BCUT2D eigenvalue weighted by Crippen LogP contribution is -2.33. The van der Waals surface area contributed by atoms with Gasteiger partial charge >= 0.3 is 13.5 Å². The van der Waals surface area contributed by atoms with Crippen LogP contribution in [0.2, 0.25) is 0 Å². The summed E-state index contributed by atoms with van der Waals surface area (Å²) in [7, 11) is -4.17. The third kappa shape index (κ3) is 5.23. The van der Waals surface area contributed by atoms with Crippen molar-refractivity contribution in [1.82, 2.24) is 9.55 Å². The van der Waals surface area contributed by atoms with Crippen molar-refractivity contribution >= 4 is 7.82 Å². The van der Waals surface area contributed by atoms with Crippen LogP contribution in [0, 0.1) is 5.92 Å². The number of ether oxygens (including phenoxy) is 1. The molecule has 1 aromatic rings. The zero-order valence-corrected chi connectivity index (χ0v) is 15.3. The molecule has 2 heterocycles. The third-order valence-corrected chi connectivity index (χ3v) is 4.88. The molecule has 1 aliphatic heterocycles. The highest BCUT2D eigenvalue weighted by Gasteiger charge is 2.38. The van der Waals surface area contributed by atoms with Crippen molar-refractivity contribution in [1.29, 1.82) is 0 Å². The summed E-state index contributed by atoms with van der Waals surface area (Å²) in [6.45, 7) is 8.78. The summed E-state index contributed by atoms with van der Waals surface area (Å²) in [5.74, 6) is -0.207. The lowest BCUT2D eigenvalue weighted by atomic mass is 9.96. The molecule has 0 aromatic carbocycles. The van der Waals surface area contributed by atoms with Crippen LogP contribution in [0.25, 0.3) is 0 Å². The van der Waals surface area contributed by atoms with Gasteiger partial charge in [-0.2, -0.15) is 0 Å². The van der Waals surface area contributed by atoms with Crippen molar-refractivity contribution in [2.45, 2.75) is 45.6 Å². The predicted octanol–water partition coefficient (Wildman–Crippen LogP) is 1.56. The summed E-state index contributed by atoms with van der Waals surface area (Å²) in [6.07, 6.45) is 0.133. The van der Waals surface area contributed by atoms with E-state index < -0.39 is 37.5 Å². The second-order valence-corrected chi connectivity index (χ2v) is 7.68. The van der Waals surface area contributed by atoms with Gasteiger partial charge in [-0.25, -0.2) is 9.36 Å². The molecule has 0 spiro atoms. The molecule has 4 unspecified atom stereocenters. The first kappa shape index (κ1) is 19.8. The first-order valence-electron chi connectivity index (χ1n) is 7.87. The Kier molecular flexibility index (Phi) is 6.18. The molecular weight excluding hydrogens is 351 g/mol. The molecule has 4 atom stereocenters. The fraction of sp³-hybridized carbons (Fsp3) is 0.600. The fourth-order valence-corrected chi connectivity index (χ4v) is 3.61. The van der Waals surface area contributed by atoms with Gasteiger partial charge in [-0.1, -0.05) is 12.2 Å². The summed E-state index contributed by atoms with van der Waals surface area (Å²) in [5.41, 5.74) is -0.310. The van der Waals surface area contributed by atoms with Gasteiger partial charge in [0.15, 0.2) is 0 Å². The van der Waals surface area contributed by atoms with Gasteiger partial charge in [-0.15, -0.1) is 0 Å². The summed E-state index contributed by atoms with van der Waals surface area (Å²) >= 11 is 0. The Labute approximate surface area is 144 Å². The molecule has 140 valence electrons. The highest BCUT2D eigenvalue weighted by atomic mass is 31.2. The number of aromatic amines is 1. The molecule has 0 radical (unpaired) electrons. The summed E-state index contributed by atoms with van der Waals surface area (Å²) in [4.78, 5) is 35.0. The van der Waals surface area contributed by atoms with Crippen molar-refractivity contribution in [2.75, 3.05) is 6.61 Å². The largest absolute Gasteiger partial charge is 0.472 e. The van der Waals surface area contributed by atoms with Crippen LogP contribution in [0.3, 0.4) is 0 Å². The van der Waals surface area contributed by atoms with Gasteiger partial charge in [-0.3, -0.25) is 23.4 Å². The summed E-state index contributed by atoms with van der Waals surface area (Å²) in [5, 5.41) is 0. The van der Waals surface area contributed by atoms with E-state index >= 15 is 0 Å². The Balaban J connectivity index is 2.12. The van der Waals surface area contributed by atoms with Crippen LogP contribution in [-0.4, -0.2) is 33.3 Å². The molecule has 1 saturated heterocycles. The highest BCUT2D eigenvalue weighted by molar-refractivity contribution is 7.47. The number of nitrogens with zero attached hydrogens (tertiary/aromatic N) is 1. The van der Waals surface area contributed by atoms with E-state index in [0.29, 0.717) is 6.42 Å². The van der Waals surface area contributed by atoms with Gasteiger partial charge in [-0.05, 0) is 27.2 Å². The minimum atomic E-state index is -4.17. The molecule has 10 heteroatoms. The zero-order chi connectivity index (χ0) is 18.8.